The minimum atomic E-state index is -0.226. The lowest BCUT2D eigenvalue weighted by molar-refractivity contribution is -0.111. The fraction of sp³-hybridized carbons (Fsp3) is 0.143. The first-order valence-electron chi connectivity index (χ1n) is 8.82. The molecule has 1 N–H and O–H groups in total. The van der Waals surface area contributed by atoms with Crippen molar-refractivity contribution in [2.75, 3.05) is 18.5 Å². The number of aromatic nitrogens is 2. The van der Waals surface area contributed by atoms with Crippen LogP contribution in [0.3, 0.4) is 0 Å². The van der Waals surface area contributed by atoms with E-state index in [0.29, 0.717) is 30.4 Å². The van der Waals surface area contributed by atoms with E-state index in [1.54, 1.807) is 28.7 Å². The van der Waals surface area contributed by atoms with Gasteiger partial charge in [0.05, 0.1) is 11.9 Å². The number of nitrogens with one attached hydrogen (secondary N) is 1. The summed E-state index contributed by atoms with van der Waals surface area (Å²) in [6, 6.07) is 13.7. The highest BCUT2D eigenvalue weighted by Gasteiger charge is 2.17. The molecule has 4 rings (SSSR count). The lowest BCUT2D eigenvalue weighted by Crippen LogP contribution is -2.16. The van der Waals surface area contributed by atoms with Gasteiger partial charge in [0.25, 0.3) is 0 Å². The molecule has 6 nitrogen and oxygen atoms in total. The van der Waals surface area contributed by atoms with Gasteiger partial charge in [0.1, 0.15) is 13.2 Å². The molecule has 0 spiro atoms. The van der Waals surface area contributed by atoms with Crippen molar-refractivity contribution < 1.29 is 14.3 Å². The van der Waals surface area contributed by atoms with Gasteiger partial charge in [-0.05, 0) is 18.2 Å². The maximum absolute atomic E-state index is 12.5. The van der Waals surface area contributed by atoms with Gasteiger partial charge in [-0.2, -0.15) is 5.10 Å². The number of amides is 1. The molecule has 0 aliphatic carbocycles. The van der Waals surface area contributed by atoms with E-state index < -0.39 is 0 Å². The van der Waals surface area contributed by atoms with E-state index in [1.165, 1.54) is 6.08 Å². The van der Waals surface area contributed by atoms with Crippen LogP contribution < -0.4 is 14.8 Å². The number of carbonyl (C=O) groups is 1. The van der Waals surface area contributed by atoms with Gasteiger partial charge in [0, 0.05) is 46.8 Å². The average molecular weight is 393 g/mol. The minimum Gasteiger partial charge on any atom is -0.486 e. The van der Waals surface area contributed by atoms with E-state index in [0.717, 1.165) is 15.4 Å². The Morgan fingerprint density at radius 1 is 1.18 bits per heavy atom. The zero-order valence-electron chi connectivity index (χ0n) is 15.3. The van der Waals surface area contributed by atoms with Crippen LogP contribution in [0.1, 0.15) is 5.56 Å². The highest BCUT2D eigenvalue weighted by Crippen LogP contribution is 2.42. The Hall–Kier alpha value is -3.19. The van der Waals surface area contributed by atoms with Crippen LogP contribution in [0.5, 0.6) is 11.5 Å². The highest BCUT2D eigenvalue weighted by molar-refractivity contribution is 7.99. The topological polar surface area (TPSA) is 65.4 Å². The number of benzene rings is 2. The molecule has 1 aliphatic heterocycles. The van der Waals surface area contributed by atoms with Gasteiger partial charge in [0.15, 0.2) is 11.5 Å². The van der Waals surface area contributed by atoms with Gasteiger partial charge in [-0.25, -0.2) is 0 Å². The molecule has 0 atom stereocenters. The van der Waals surface area contributed by atoms with Crippen molar-refractivity contribution in [3.63, 3.8) is 0 Å². The smallest absolute Gasteiger partial charge is 0.248 e. The maximum Gasteiger partial charge on any atom is 0.248 e. The Morgan fingerprint density at radius 3 is 2.64 bits per heavy atom. The Bertz CT molecular complexity index is 1010. The standard InChI is InChI=1S/C21H19N3O3S/c1-24-14-15(13-22-24)7-8-21(25)23-17-11-18-19(27-10-9-26-18)12-20(17)28-16-5-3-2-4-6-16/h2-8,11-14H,9-10H2,1H3,(H,23,25)/b8-7+. The van der Waals surface area contributed by atoms with Gasteiger partial charge in [-0.15, -0.1) is 0 Å². The van der Waals surface area contributed by atoms with E-state index >= 15 is 0 Å². The van der Waals surface area contributed by atoms with Crippen LogP contribution >= 0.6 is 11.8 Å². The van der Waals surface area contributed by atoms with Crippen LogP contribution in [0, 0.1) is 0 Å². The second-order valence-electron chi connectivity index (χ2n) is 6.18. The Labute approximate surface area is 167 Å². The minimum absolute atomic E-state index is 0.226. The van der Waals surface area contributed by atoms with E-state index in [4.69, 9.17) is 9.47 Å². The van der Waals surface area contributed by atoms with Crippen LogP contribution in [-0.2, 0) is 11.8 Å². The lowest BCUT2D eigenvalue weighted by Gasteiger charge is -2.21. The summed E-state index contributed by atoms with van der Waals surface area (Å²) in [6.07, 6.45) is 6.75. The number of carbonyl (C=O) groups excluding carboxylic acids is 1. The number of ether oxygens (including phenoxy) is 2. The van der Waals surface area contributed by atoms with Crippen molar-refractivity contribution in [1.82, 2.24) is 9.78 Å². The molecule has 0 saturated heterocycles. The fourth-order valence-corrected chi connectivity index (χ4v) is 3.67. The summed E-state index contributed by atoms with van der Waals surface area (Å²) in [5.74, 6) is 1.10. The average Bonchev–Trinajstić information content (AvgIpc) is 3.13. The summed E-state index contributed by atoms with van der Waals surface area (Å²) >= 11 is 1.56. The number of hydrogen-bond donors (Lipinski definition) is 1. The third kappa shape index (κ3) is 4.37. The van der Waals surface area contributed by atoms with Crippen LogP contribution in [0.2, 0.25) is 0 Å². The second-order valence-corrected chi connectivity index (χ2v) is 7.29. The zero-order valence-corrected chi connectivity index (χ0v) is 16.1. The predicted octanol–water partition coefficient (Wildman–Crippen LogP) is 3.99. The molecule has 0 unspecified atom stereocenters. The molecule has 28 heavy (non-hydrogen) atoms. The van der Waals surface area contributed by atoms with Gasteiger partial charge >= 0.3 is 0 Å². The second kappa shape index (κ2) is 8.22. The largest absolute Gasteiger partial charge is 0.486 e. The predicted molar refractivity (Wildman–Crippen MR) is 109 cm³/mol. The van der Waals surface area contributed by atoms with Gasteiger partial charge in [-0.1, -0.05) is 30.0 Å². The molecule has 0 saturated carbocycles. The summed E-state index contributed by atoms with van der Waals surface area (Å²) in [4.78, 5) is 14.4. The van der Waals surface area contributed by atoms with Crippen LogP contribution in [-0.4, -0.2) is 28.9 Å². The van der Waals surface area contributed by atoms with Gasteiger partial charge in [0.2, 0.25) is 5.91 Å². The first-order chi connectivity index (χ1) is 13.7. The number of nitrogens with zero attached hydrogens (tertiary/aromatic N) is 2. The molecular formula is C21H19N3O3S. The summed E-state index contributed by atoms with van der Waals surface area (Å²) in [5.41, 5.74) is 1.54. The molecule has 2 heterocycles. The number of rotatable bonds is 5. The fourth-order valence-electron chi connectivity index (χ4n) is 2.74. The Morgan fingerprint density at radius 2 is 1.93 bits per heavy atom. The first-order valence-corrected chi connectivity index (χ1v) is 9.63. The Balaban J connectivity index is 1.58. The molecule has 2 aromatic carbocycles. The molecule has 0 bridgehead atoms. The monoisotopic (exact) mass is 393 g/mol. The number of fused-ring (bicyclic) bond motifs is 1. The van der Waals surface area contributed by atoms with Crippen molar-refractivity contribution in [2.24, 2.45) is 7.05 Å². The zero-order chi connectivity index (χ0) is 19.3. The molecule has 3 aromatic rings. The molecular weight excluding hydrogens is 374 g/mol. The molecule has 7 heteroatoms. The lowest BCUT2D eigenvalue weighted by atomic mass is 10.2. The summed E-state index contributed by atoms with van der Waals surface area (Å²) < 4.78 is 13.1. The van der Waals surface area contributed by atoms with Crippen molar-refractivity contribution in [3.05, 3.63) is 66.5 Å². The molecule has 142 valence electrons. The molecule has 1 aromatic heterocycles. The SMILES string of the molecule is Cn1cc(/C=C/C(=O)Nc2cc3c(cc2Sc2ccccc2)OCCO3)cn1. The number of hydrogen-bond acceptors (Lipinski definition) is 5. The summed E-state index contributed by atoms with van der Waals surface area (Å²) in [7, 11) is 1.83. The van der Waals surface area contributed by atoms with Crippen LogP contribution in [0.15, 0.2) is 70.7 Å². The first kappa shape index (κ1) is 18.2. The van der Waals surface area contributed by atoms with E-state index in [9.17, 15) is 4.79 Å². The summed E-state index contributed by atoms with van der Waals surface area (Å²) in [5, 5.41) is 7.04. The number of anilines is 1. The van der Waals surface area contributed by atoms with Crippen molar-refractivity contribution in [3.8, 4) is 11.5 Å². The van der Waals surface area contributed by atoms with Crippen molar-refractivity contribution >= 4 is 29.4 Å². The molecule has 1 amide bonds. The Kier molecular flexibility index (Phi) is 5.34. The van der Waals surface area contributed by atoms with Crippen molar-refractivity contribution in [1.29, 1.82) is 0 Å². The molecule has 0 fully saturated rings. The third-order valence-corrected chi connectivity index (χ3v) is 5.09. The third-order valence-electron chi connectivity index (χ3n) is 4.03. The normalized spacial score (nSPS) is 12.9. The van der Waals surface area contributed by atoms with E-state index in [2.05, 4.69) is 10.4 Å². The quantitative estimate of drug-likeness (QED) is 0.664. The van der Waals surface area contributed by atoms with E-state index in [1.807, 2.05) is 55.7 Å². The van der Waals surface area contributed by atoms with Crippen LogP contribution in [0.25, 0.3) is 6.08 Å². The van der Waals surface area contributed by atoms with Crippen LogP contribution in [0.4, 0.5) is 5.69 Å². The molecule has 0 radical (unpaired) electrons. The van der Waals surface area contributed by atoms with E-state index in [-0.39, 0.29) is 5.91 Å². The van der Waals surface area contributed by atoms with Gasteiger partial charge < -0.3 is 14.8 Å². The number of aryl methyl sites for hydroxylation is 1. The van der Waals surface area contributed by atoms with Gasteiger partial charge in [-0.3, -0.25) is 9.48 Å². The maximum atomic E-state index is 12.5. The summed E-state index contributed by atoms with van der Waals surface area (Å²) in [6.45, 7) is 1.01. The van der Waals surface area contributed by atoms with Crippen molar-refractivity contribution in [2.45, 2.75) is 9.79 Å². The molecule has 1 aliphatic rings. The highest BCUT2D eigenvalue weighted by atomic mass is 32.2.